The van der Waals surface area contributed by atoms with E-state index in [1.54, 1.807) is 6.07 Å². The van der Waals surface area contributed by atoms with Crippen LogP contribution in [0, 0.1) is 12.7 Å². The molecule has 12 heavy (non-hydrogen) atoms. The van der Waals surface area contributed by atoms with Gasteiger partial charge in [-0.3, -0.25) is 0 Å². The van der Waals surface area contributed by atoms with Gasteiger partial charge >= 0.3 is 0 Å². The molecule has 0 amide bonds. The lowest BCUT2D eigenvalue weighted by atomic mass is 10.1. The normalized spacial score (nSPS) is 10.2. The molecule has 0 aliphatic carbocycles. The number of halogens is 1. The minimum Gasteiger partial charge on any atom is -0.313 e. The Bertz CT molecular complexity index is 238. The van der Waals surface area contributed by atoms with E-state index in [1.807, 2.05) is 19.9 Å². The van der Waals surface area contributed by atoms with Crippen LogP contribution in [0.1, 0.15) is 18.1 Å². The average molecular weight is 167 g/mol. The lowest BCUT2D eigenvalue weighted by Crippen LogP contribution is -2.13. The molecule has 0 aliphatic heterocycles. The summed E-state index contributed by atoms with van der Waals surface area (Å²) < 4.78 is 13.1. The van der Waals surface area contributed by atoms with E-state index in [1.165, 1.54) is 6.07 Å². The van der Waals surface area contributed by atoms with Crippen LogP contribution in [-0.4, -0.2) is 6.54 Å². The maximum atomic E-state index is 13.1. The third-order valence-corrected chi connectivity index (χ3v) is 1.90. The molecule has 66 valence electrons. The van der Waals surface area contributed by atoms with Gasteiger partial charge < -0.3 is 5.32 Å². The van der Waals surface area contributed by atoms with Crippen LogP contribution in [0.25, 0.3) is 0 Å². The van der Waals surface area contributed by atoms with Crippen LogP contribution >= 0.6 is 0 Å². The standard InChI is InChI=1S/C10H14FN/c1-3-12-7-9-8(2)5-4-6-10(9)11/h4-6,12H,3,7H2,1-2H3. The van der Waals surface area contributed by atoms with Crippen molar-refractivity contribution < 1.29 is 4.39 Å². The first-order chi connectivity index (χ1) is 5.75. The highest BCUT2D eigenvalue weighted by Gasteiger charge is 2.02. The lowest BCUT2D eigenvalue weighted by molar-refractivity contribution is 0.591. The van der Waals surface area contributed by atoms with Gasteiger partial charge in [-0.25, -0.2) is 4.39 Å². The second kappa shape index (κ2) is 4.21. The summed E-state index contributed by atoms with van der Waals surface area (Å²) in [7, 11) is 0. The Morgan fingerprint density at radius 2 is 2.17 bits per heavy atom. The fraction of sp³-hybridized carbons (Fsp3) is 0.400. The van der Waals surface area contributed by atoms with Crippen LogP contribution in [0.2, 0.25) is 0 Å². The van der Waals surface area contributed by atoms with Crippen LogP contribution in [0.3, 0.4) is 0 Å². The zero-order chi connectivity index (χ0) is 8.97. The van der Waals surface area contributed by atoms with Crippen LogP contribution in [0.5, 0.6) is 0 Å². The Balaban J connectivity index is 2.81. The number of nitrogens with one attached hydrogen (secondary N) is 1. The van der Waals surface area contributed by atoms with Gasteiger partial charge in [-0.1, -0.05) is 19.1 Å². The van der Waals surface area contributed by atoms with Gasteiger partial charge in [-0.2, -0.15) is 0 Å². The van der Waals surface area contributed by atoms with Crippen molar-refractivity contribution in [1.82, 2.24) is 5.32 Å². The Kier molecular flexibility index (Phi) is 3.23. The average Bonchev–Trinajstić information content (AvgIpc) is 2.04. The van der Waals surface area contributed by atoms with Gasteiger partial charge in [0.2, 0.25) is 0 Å². The van der Waals surface area contributed by atoms with Crippen molar-refractivity contribution in [2.24, 2.45) is 0 Å². The van der Waals surface area contributed by atoms with Gasteiger partial charge in [0.15, 0.2) is 0 Å². The van der Waals surface area contributed by atoms with E-state index < -0.39 is 0 Å². The Labute approximate surface area is 72.6 Å². The molecule has 1 aromatic rings. The maximum Gasteiger partial charge on any atom is 0.127 e. The lowest BCUT2D eigenvalue weighted by Gasteiger charge is -2.06. The molecule has 0 bridgehead atoms. The SMILES string of the molecule is CCNCc1c(C)cccc1F. The third-order valence-electron chi connectivity index (χ3n) is 1.90. The molecule has 0 fully saturated rings. The molecule has 0 atom stereocenters. The predicted molar refractivity (Wildman–Crippen MR) is 48.5 cm³/mol. The highest BCUT2D eigenvalue weighted by Crippen LogP contribution is 2.11. The second-order valence-electron chi connectivity index (χ2n) is 2.82. The molecule has 0 spiro atoms. The minimum atomic E-state index is -0.115. The molecule has 0 unspecified atom stereocenters. The summed E-state index contributed by atoms with van der Waals surface area (Å²) in [5, 5.41) is 3.11. The largest absolute Gasteiger partial charge is 0.313 e. The first kappa shape index (κ1) is 9.20. The molecule has 1 nitrogen and oxygen atoms in total. The van der Waals surface area contributed by atoms with Crippen LogP contribution in [0.4, 0.5) is 4.39 Å². The van der Waals surface area contributed by atoms with E-state index in [2.05, 4.69) is 5.32 Å². The summed E-state index contributed by atoms with van der Waals surface area (Å²) in [4.78, 5) is 0. The van der Waals surface area contributed by atoms with Gasteiger partial charge in [0.05, 0.1) is 0 Å². The summed E-state index contributed by atoms with van der Waals surface area (Å²) in [5.74, 6) is -0.115. The molecule has 1 N–H and O–H groups in total. The number of hydrogen-bond acceptors (Lipinski definition) is 1. The first-order valence-corrected chi connectivity index (χ1v) is 4.20. The first-order valence-electron chi connectivity index (χ1n) is 4.20. The molecule has 1 aromatic carbocycles. The molecular weight excluding hydrogens is 153 g/mol. The molecule has 0 aliphatic rings. The number of rotatable bonds is 3. The summed E-state index contributed by atoms with van der Waals surface area (Å²) in [5.41, 5.74) is 1.79. The van der Waals surface area contributed by atoms with Gasteiger partial charge in [0.1, 0.15) is 5.82 Å². The molecule has 0 saturated carbocycles. The zero-order valence-corrected chi connectivity index (χ0v) is 7.52. The highest BCUT2D eigenvalue weighted by atomic mass is 19.1. The van der Waals surface area contributed by atoms with Crippen LogP contribution in [-0.2, 0) is 6.54 Å². The molecule has 0 aromatic heterocycles. The van der Waals surface area contributed by atoms with Crippen molar-refractivity contribution in [1.29, 1.82) is 0 Å². The summed E-state index contributed by atoms with van der Waals surface area (Å²) in [6.45, 7) is 5.43. The third kappa shape index (κ3) is 2.05. The zero-order valence-electron chi connectivity index (χ0n) is 7.52. The van der Waals surface area contributed by atoms with E-state index in [-0.39, 0.29) is 5.82 Å². The molecule has 2 heteroatoms. The monoisotopic (exact) mass is 167 g/mol. The van der Waals surface area contributed by atoms with E-state index in [9.17, 15) is 4.39 Å². The summed E-state index contributed by atoms with van der Waals surface area (Å²) >= 11 is 0. The van der Waals surface area contributed by atoms with Gasteiger partial charge in [-0.15, -0.1) is 0 Å². The Morgan fingerprint density at radius 1 is 1.42 bits per heavy atom. The number of benzene rings is 1. The van der Waals surface area contributed by atoms with Gasteiger partial charge in [0, 0.05) is 12.1 Å². The van der Waals surface area contributed by atoms with Gasteiger partial charge in [0.25, 0.3) is 0 Å². The summed E-state index contributed by atoms with van der Waals surface area (Å²) in [6.07, 6.45) is 0. The number of hydrogen-bond donors (Lipinski definition) is 1. The van der Waals surface area contributed by atoms with Crippen LogP contribution in [0.15, 0.2) is 18.2 Å². The topological polar surface area (TPSA) is 12.0 Å². The minimum absolute atomic E-state index is 0.115. The number of aryl methyl sites for hydroxylation is 1. The smallest absolute Gasteiger partial charge is 0.127 e. The Morgan fingerprint density at radius 3 is 2.75 bits per heavy atom. The second-order valence-corrected chi connectivity index (χ2v) is 2.82. The van der Waals surface area contributed by atoms with Crippen molar-refractivity contribution in [3.05, 3.63) is 35.1 Å². The fourth-order valence-corrected chi connectivity index (χ4v) is 1.14. The molecular formula is C10H14FN. The van der Waals surface area contributed by atoms with Crippen molar-refractivity contribution in [3.63, 3.8) is 0 Å². The van der Waals surface area contributed by atoms with E-state index in [0.29, 0.717) is 6.54 Å². The molecule has 0 saturated heterocycles. The van der Waals surface area contributed by atoms with E-state index in [0.717, 1.165) is 17.7 Å². The van der Waals surface area contributed by atoms with Crippen LogP contribution < -0.4 is 5.32 Å². The van der Waals surface area contributed by atoms with E-state index in [4.69, 9.17) is 0 Å². The van der Waals surface area contributed by atoms with Crippen molar-refractivity contribution in [2.45, 2.75) is 20.4 Å². The maximum absolute atomic E-state index is 13.1. The van der Waals surface area contributed by atoms with E-state index >= 15 is 0 Å². The quantitative estimate of drug-likeness (QED) is 0.728. The Hall–Kier alpha value is -0.890. The summed E-state index contributed by atoms with van der Waals surface area (Å²) in [6, 6.07) is 5.16. The van der Waals surface area contributed by atoms with Crippen molar-refractivity contribution in [3.8, 4) is 0 Å². The van der Waals surface area contributed by atoms with Crippen molar-refractivity contribution >= 4 is 0 Å². The van der Waals surface area contributed by atoms with Gasteiger partial charge in [-0.05, 0) is 25.1 Å². The highest BCUT2D eigenvalue weighted by molar-refractivity contribution is 5.27. The van der Waals surface area contributed by atoms with Crippen molar-refractivity contribution in [2.75, 3.05) is 6.54 Å². The predicted octanol–water partition coefficient (Wildman–Crippen LogP) is 2.24. The fourth-order valence-electron chi connectivity index (χ4n) is 1.14. The molecule has 0 radical (unpaired) electrons. The molecule has 1 rings (SSSR count). The molecule has 0 heterocycles.